The summed E-state index contributed by atoms with van der Waals surface area (Å²) in [4.78, 5) is 18.6. The van der Waals surface area contributed by atoms with Crippen molar-refractivity contribution in [3.8, 4) is 11.4 Å². The molecule has 2 aromatic rings. The van der Waals surface area contributed by atoms with Crippen LogP contribution in [0.5, 0.6) is 5.75 Å². The zero-order chi connectivity index (χ0) is 18.9. The highest BCUT2D eigenvalue weighted by Gasteiger charge is 2.50. The molecule has 0 saturated carbocycles. The van der Waals surface area contributed by atoms with Crippen LogP contribution in [0.15, 0.2) is 36.7 Å². The van der Waals surface area contributed by atoms with E-state index < -0.39 is 5.97 Å². The lowest BCUT2D eigenvalue weighted by Crippen LogP contribution is -2.40. The van der Waals surface area contributed by atoms with Gasteiger partial charge in [-0.25, -0.2) is 4.98 Å². The molecular formula is C20H25N3O4. The summed E-state index contributed by atoms with van der Waals surface area (Å²) < 4.78 is 12.8. The van der Waals surface area contributed by atoms with Gasteiger partial charge in [-0.1, -0.05) is 0 Å². The smallest absolute Gasteiger partial charge is 0.308 e. The molecule has 144 valence electrons. The number of aliphatic carboxylic acids is 1. The molecule has 0 aliphatic carbocycles. The number of carboxylic acids is 1. The van der Waals surface area contributed by atoms with Crippen LogP contribution in [0.2, 0.25) is 0 Å². The van der Waals surface area contributed by atoms with Gasteiger partial charge in [-0.2, -0.15) is 0 Å². The Bertz CT molecular complexity index is 796. The summed E-state index contributed by atoms with van der Waals surface area (Å²) in [6.07, 6.45) is 5.35. The normalized spacial score (nSPS) is 22.2. The van der Waals surface area contributed by atoms with Crippen molar-refractivity contribution in [2.45, 2.75) is 19.4 Å². The van der Waals surface area contributed by atoms with Gasteiger partial charge in [0.15, 0.2) is 0 Å². The maximum absolute atomic E-state index is 11.9. The lowest BCUT2D eigenvalue weighted by molar-refractivity contribution is -0.147. The monoisotopic (exact) mass is 371 g/mol. The third-order valence-electron chi connectivity index (χ3n) is 5.94. The molecule has 1 unspecified atom stereocenters. The molecule has 7 heteroatoms. The van der Waals surface area contributed by atoms with Gasteiger partial charge in [-0.3, -0.25) is 9.69 Å². The summed E-state index contributed by atoms with van der Waals surface area (Å²) in [5.41, 5.74) is 0.833. The number of hydrogen-bond acceptors (Lipinski definition) is 5. The molecule has 0 bridgehead atoms. The lowest BCUT2D eigenvalue weighted by atomic mass is 9.72. The maximum atomic E-state index is 11.9. The second kappa shape index (κ2) is 7.32. The van der Waals surface area contributed by atoms with Gasteiger partial charge < -0.3 is 19.1 Å². The van der Waals surface area contributed by atoms with Crippen LogP contribution in [0.4, 0.5) is 0 Å². The molecule has 2 aliphatic heterocycles. The van der Waals surface area contributed by atoms with Gasteiger partial charge in [0.25, 0.3) is 0 Å². The fraction of sp³-hybridized carbons (Fsp3) is 0.500. The molecule has 27 heavy (non-hydrogen) atoms. The van der Waals surface area contributed by atoms with Crippen molar-refractivity contribution in [1.82, 2.24) is 14.5 Å². The van der Waals surface area contributed by atoms with Crippen LogP contribution in [-0.2, 0) is 16.1 Å². The minimum Gasteiger partial charge on any atom is -0.497 e. The molecule has 1 atom stereocenters. The molecule has 2 fully saturated rings. The van der Waals surface area contributed by atoms with Gasteiger partial charge in [-0.15, -0.1) is 0 Å². The summed E-state index contributed by atoms with van der Waals surface area (Å²) in [6.45, 7) is 3.27. The molecule has 2 saturated heterocycles. The number of nitrogens with zero attached hydrogens (tertiary/aromatic N) is 3. The Kier molecular flexibility index (Phi) is 4.88. The fourth-order valence-electron chi connectivity index (χ4n) is 4.45. The van der Waals surface area contributed by atoms with E-state index in [1.807, 2.05) is 35.0 Å². The van der Waals surface area contributed by atoms with Crippen molar-refractivity contribution in [1.29, 1.82) is 0 Å². The molecule has 0 radical (unpaired) electrons. The van der Waals surface area contributed by atoms with Crippen molar-refractivity contribution in [3.63, 3.8) is 0 Å². The predicted molar refractivity (Wildman–Crippen MR) is 99.0 cm³/mol. The van der Waals surface area contributed by atoms with E-state index in [1.54, 1.807) is 13.3 Å². The molecule has 3 heterocycles. The van der Waals surface area contributed by atoms with Crippen LogP contribution in [0.1, 0.15) is 18.7 Å². The highest BCUT2D eigenvalue weighted by Crippen LogP contribution is 2.44. The Hall–Kier alpha value is -2.38. The Balaban J connectivity index is 1.53. The average Bonchev–Trinajstić information content (AvgIpc) is 3.28. The molecule has 1 aromatic heterocycles. The topological polar surface area (TPSA) is 76.8 Å². The molecule has 4 rings (SSSR count). The van der Waals surface area contributed by atoms with E-state index in [2.05, 4.69) is 9.88 Å². The Morgan fingerprint density at radius 2 is 2.07 bits per heavy atom. The van der Waals surface area contributed by atoms with Crippen molar-refractivity contribution in [3.05, 3.63) is 42.5 Å². The highest BCUT2D eigenvalue weighted by atomic mass is 16.5. The van der Waals surface area contributed by atoms with E-state index in [0.29, 0.717) is 26.3 Å². The largest absolute Gasteiger partial charge is 0.497 e. The number of carbonyl (C=O) groups is 1. The van der Waals surface area contributed by atoms with Crippen LogP contribution in [0.3, 0.4) is 0 Å². The van der Waals surface area contributed by atoms with Gasteiger partial charge in [0, 0.05) is 49.8 Å². The molecule has 2 aliphatic rings. The van der Waals surface area contributed by atoms with Gasteiger partial charge >= 0.3 is 5.97 Å². The molecule has 1 aromatic carbocycles. The fourth-order valence-corrected chi connectivity index (χ4v) is 4.45. The number of aromatic nitrogens is 2. The second-order valence-electron chi connectivity index (χ2n) is 7.45. The third kappa shape index (κ3) is 3.44. The minimum atomic E-state index is -0.696. The highest BCUT2D eigenvalue weighted by molar-refractivity contribution is 5.72. The predicted octanol–water partition coefficient (Wildman–Crippen LogP) is 2.19. The molecule has 7 nitrogen and oxygen atoms in total. The zero-order valence-electron chi connectivity index (χ0n) is 15.5. The molecular weight excluding hydrogens is 346 g/mol. The number of imidazole rings is 1. The Morgan fingerprint density at radius 3 is 2.74 bits per heavy atom. The van der Waals surface area contributed by atoms with E-state index in [4.69, 9.17) is 9.47 Å². The van der Waals surface area contributed by atoms with Crippen molar-refractivity contribution in [2.24, 2.45) is 11.3 Å². The van der Waals surface area contributed by atoms with Crippen molar-refractivity contribution < 1.29 is 19.4 Å². The van der Waals surface area contributed by atoms with Crippen LogP contribution in [0, 0.1) is 11.3 Å². The number of benzene rings is 1. The van der Waals surface area contributed by atoms with E-state index in [1.165, 1.54) is 0 Å². The van der Waals surface area contributed by atoms with Gasteiger partial charge in [0.05, 0.1) is 19.6 Å². The van der Waals surface area contributed by atoms with Gasteiger partial charge in [0.1, 0.15) is 11.6 Å². The van der Waals surface area contributed by atoms with E-state index in [9.17, 15) is 9.90 Å². The summed E-state index contributed by atoms with van der Waals surface area (Å²) >= 11 is 0. The first kappa shape index (κ1) is 18.0. The van der Waals surface area contributed by atoms with Gasteiger partial charge in [0.2, 0.25) is 0 Å². The summed E-state index contributed by atoms with van der Waals surface area (Å²) in [7, 11) is 1.65. The first-order valence-corrected chi connectivity index (χ1v) is 9.31. The zero-order valence-corrected chi connectivity index (χ0v) is 15.5. The summed E-state index contributed by atoms with van der Waals surface area (Å²) in [6, 6.07) is 7.83. The molecule has 1 spiro atoms. The van der Waals surface area contributed by atoms with E-state index in [-0.39, 0.29) is 11.3 Å². The minimum absolute atomic E-state index is 0.179. The Labute approximate surface area is 158 Å². The number of ether oxygens (including phenoxy) is 2. The molecule has 0 amide bonds. The van der Waals surface area contributed by atoms with Crippen LogP contribution in [0.25, 0.3) is 5.69 Å². The third-order valence-corrected chi connectivity index (χ3v) is 5.94. The van der Waals surface area contributed by atoms with Crippen LogP contribution >= 0.6 is 0 Å². The number of methoxy groups -OCH3 is 1. The average molecular weight is 371 g/mol. The van der Waals surface area contributed by atoms with Gasteiger partial charge in [-0.05, 0) is 37.1 Å². The SMILES string of the molecule is COc1ccc(-n2ccnc2CN2CC(C(=O)O)C3(CCOCC3)C2)cc1. The first-order valence-electron chi connectivity index (χ1n) is 9.31. The Morgan fingerprint density at radius 1 is 1.33 bits per heavy atom. The number of carboxylic acid groups (broad SMARTS) is 1. The standard InChI is InChI=1S/C20H25N3O4/c1-26-16-4-2-15(3-5-16)23-9-8-21-18(23)13-22-12-17(19(24)25)20(14-22)6-10-27-11-7-20/h2-5,8-9,17H,6-7,10-14H2,1H3,(H,24,25). The van der Waals surface area contributed by atoms with E-state index >= 15 is 0 Å². The first-order chi connectivity index (χ1) is 13.1. The van der Waals surface area contributed by atoms with E-state index in [0.717, 1.165) is 36.6 Å². The van der Waals surface area contributed by atoms with Crippen LogP contribution < -0.4 is 4.74 Å². The van der Waals surface area contributed by atoms with Crippen LogP contribution in [-0.4, -0.2) is 58.9 Å². The maximum Gasteiger partial charge on any atom is 0.308 e. The number of rotatable bonds is 5. The number of likely N-dealkylation sites (tertiary alicyclic amines) is 1. The van der Waals surface area contributed by atoms with Crippen molar-refractivity contribution in [2.75, 3.05) is 33.4 Å². The number of hydrogen-bond donors (Lipinski definition) is 1. The quantitative estimate of drug-likeness (QED) is 0.868. The summed E-state index contributed by atoms with van der Waals surface area (Å²) in [5, 5.41) is 9.76. The lowest BCUT2D eigenvalue weighted by Gasteiger charge is -2.36. The van der Waals surface area contributed by atoms with Crippen molar-refractivity contribution >= 4 is 5.97 Å². The molecule has 1 N–H and O–H groups in total. The summed E-state index contributed by atoms with van der Waals surface area (Å²) in [5.74, 6) is 0.683. The second-order valence-corrected chi connectivity index (χ2v) is 7.45.